The summed E-state index contributed by atoms with van der Waals surface area (Å²) >= 11 is 0.891. The summed E-state index contributed by atoms with van der Waals surface area (Å²) in [7, 11) is 0. The standard InChI is InChI=1S/C10H12N2O4S/c13-7-3-5-11(6-4-7)10(14)8-1-2-9(17-8)12(15)16/h1-2,7,13H,3-6H2. The Morgan fingerprint density at radius 3 is 2.65 bits per heavy atom. The third kappa shape index (κ3) is 2.62. The molecule has 17 heavy (non-hydrogen) atoms. The topological polar surface area (TPSA) is 83.7 Å². The van der Waals surface area contributed by atoms with E-state index >= 15 is 0 Å². The molecule has 1 saturated heterocycles. The predicted molar refractivity (Wildman–Crippen MR) is 62.1 cm³/mol. The summed E-state index contributed by atoms with van der Waals surface area (Å²) in [4.78, 5) is 24.0. The fourth-order valence-corrected chi connectivity index (χ4v) is 2.55. The first-order valence-corrected chi connectivity index (χ1v) is 6.11. The summed E-state index contributed by atoms with van der Waals surface area (Å²) in [5.74, 6) is -0.185. The highest BCUT2D eigenvalue weighted by Crippen LogP contribution is 2.26. The Balaban J connectivity index is 2.06. The van der Waals surface area contributed by atoms with Crippen molar-refractivity contribution in [2.24, 2.45) is 0 Å². The number of hydrogen-bond donors (Lipinski definition) is 1. The average Bonchev–Trinajstić information content (AvgIpc) is 2.78. The normalized spacial score (nSPS) is 17.1. The van der Waals surface area contributed by atoms with E-state index in [1.807, 2.05) is 0 Å². The zero-order chi connectivity index (χ0) is 12.4. The van der Waals surface area contributed by atoms with E-state index in [2.05, 4.69) is 0 Å². The lowest BCUT2D eigenvalue weighted by atomic mass is 10.1. The van der Waals surface area contributed by atoms with Gasteiger partial charge in [0.2, 0.25) is 0 Å². The van der Waals surface area contributed by atoms with Gasteiger partial charge in [-0.05, 0) is 18.9 Å². The van der Waals surface area contributed by atoms with Gasteiger partial charge in [-0.3, -0.25) is 14.9 Å². The minimum atomic E-state index is -0.499. The Morgan fingerprint density at radius 1 is 1.47 bits per heavy atom. The van der Waals surface area contributed by atoms with Gasteiger partial charge in [0.1, 0.15) is 0 Å². The summed E-state index contributed by atoms with van der Waals surface area (Å²) in [6.45, 7) is 1.01. The molecule has 0 bridgehead atoms. The lowest BCUT2D eigenvalue weighted by molar-refractivity contribution is -0.380. The first kappa shape index (κ1) is 12.0. The number of likely N-dealkylation sites (tertiary alicyclic amines) is 1. The second-order valence-corrected chi connectivity index (χ2v) is 4.98. The first-order chi connectivity index (χ1) is 8.08. The van der Waals surface area contributed by atoms with Gasteiger partial charge in [0.05, 0.1) is 15.9 Å². The average molecular weight is 256 g/mol. The van der Waals surface area contributed by atoms with Crippen molar-refractivity contribution >= 4 is 22.2 Å². The molecular formula is C10H12N2O4S. The molecule has 2 heterocycles. The van der Waals surface area contributed by atoms with Crippen LogP contribution in [0.4, 0.5) is 5.00 Å². The molecule has 0 aromatic carbocycles. The Morgan fingerprint density at radius 2 is 2.12 bits per heavy atom. The number of thiophene rings is 1. The smallest absolute Gasteiger partial charge is 0.324 e. The number of rotatable bonds is 2. The number of aliphatic hydroxyl groups is 1. The van der Waals surface area contributed by atoms with Crippen molar-refractivity contribution in [3.8, 4) is 0 Å². The highest BCUT2D eigenvalue weighted by atomic mass is 32.1. The molecule has 7 heteroatoms. The molecule has 0 atom stereocenters. The third-order valence-electron chi connectivity index (χ3n) is 2.73. The van der Waals surface area contributed by atoms with Crippen LogP contribution in [0.25, 0.3) is 0 Å². The van der Waals surface area contributed by atoms with E-state index < -0.39 is 4.92 Å². The molecule has 0 radical (unpaired) electrons. The van der Waals surface area contributed by atoms with Gasteiger partial charge in [0, 0.05) is 19.2 Å². The molecule has 1 aromatic rings. The molecular weight excluding hydrogens is 244 g/mol. The maximum atomic E-state index is 12.0. The number of nitrogens with zero attached hydrogens (tertiary/aromatic N) is 2. The van der Waals surface area contributed by atoms with Crippen molar-refractivity contribution in [1.29, 1.82) is 0 Å². The Labute approximate surface area is 102 Å². The van der Waals surface area contributed by atoms with Gasteiger partial charge < -0.3 is 10.0 Å². The van der Waals surface area contributed by atoms with Crippen LogP contribution in [0, 0.1) is 10.1 Å². The molecule has 92 valence electrons. The van der Waals surface area contributed by atoms with Crippen LogP contribution in [-0.2, 0) is 0 Å². The quantitative estimate of drug-likeness (QED) is 0.637. The van der Waals surface area contributed by atoms with E-state index in [0.717, 1.165) is 11.3 Å². The van der Waals surface area contributed by atoms with Gasteiger partial charge in [0.15, 0.2) is 0 Å². The minimum Gasteiger partial charge on any atom is -0.393 e. The second kappa shape index (κ2) is 4.80. The van der Waals surface area contributed by atoms with E-state index in [4.69, 9.17) is 0 Å². The Hall–Kier alpha value is -1.47. The molecule has 0 saturated carbocycles. The molecule has 0 unspecified atom stereocenters. The van der Waals surface area contributed by atoms with Gasteiger partial charge in [-0.1, -0.05) is 11.3 Å². The van der Waals surface area contributed by atoms with Crippen LogP contribution in [0.5, 0.6) is 0 Å². The highest BCUT2D eigenvalue weighted by Gasteiger charge is 2.24. The number of hydrogen-bond acceptors (Lipinski definition) is 5. The van der Waals surface area contributed by atoms with Gasteiger partial charge in [-0.25, -0.2) is 0 Å². The molecule has 0 spiro atoms. The van der Waals surface area contributed by atoms with Gasteiger partial charge >= 0.3 is 5.00 Å². The van der Waals surface area contributed by atoms with E-state index in [9.17, 15) is 20.0 Å². The fraction of sp³-hybridized carbons (Fsp3) is 0.500. The van der Waals surface area contributed by atoms with Crippen molar-refractivity contribution in [2.75, 3.05) is 13.1 Å². The third-order valence-corrected chi connectivity index (χ3v) is 3.76. The number of carbonyl (C=O) groups excluding carboxylic acids is 1. The van der Waals surface area contributed by atoms with E-state index in [-0.39, 0.29) is 17.0 Å². The van der Waals surface area contributed by atoms with Crippen molar-refractivity contribution in [3.63, 3.8) is 0 Å². The van der Waals surface area contributed by atoms with Crippen LogP contribution >= 0.6 is 11.3 Å². The summed E-state index contributed by atoms with van der Waals surface area (Å²) in [6.07, 6.45) is 0.801. The second-order valence-electron chi connectivity index (χ2n) is 3.92. The molecule has 1 aliphatic rings. The zero-order valence-corrected chi connectivity index (χ0v) is 9.85. The maximum Gasteiger partial charge on any atom is 0.324 e. The molecule has 1 aliphatic heterocycles. The zero-order valence-electron chi connectivity index (χ0n) is 9.04. The van der Waals surface area contributed by atoms with E-state index in [0.29, 0.717) is 30.8 Å². The number of piperidine rings is 1. The number of nitro groups is 1. The van der Waals surface area contributed by atoms with Crippen LogP contribution in [0.15, 0.2) is 12.1 Å². The molecule has 1 amide bonds. The SMILES string of the molecule is O=C(c1ccc([N+](=O)[O-])s1)N1CCC(O)CC1. The van der Waals surface area contributed by atoms with E-state index in [1.165, 1.54) is 12.1 Å². The van der Waals surface area contributed by atoms with Gasteiger partial charge in [-0.15, -0.1) is 0 Å². The van der Waals surface area contributed by atoms with Gasteiger partial charge in [0.25, 0.3) is 5.91 Å². The highest BCUT2D eigenvalue weighted by molar-refractivity contribution is 7.17. The number of aliphatic hydroxyl groups excluding tert-OH is 1. The molecule has 0 aliphatic carbocycles. The molecule has 1 aromatic heterocycles. The van der Waals surface area contributed by atoms with Crippen molar-refractivity contribution in [3.05, 3.63) is 27.1 Å². The first-order valence-electron chi connectivity index (χ1n) is 5.29. The molecule has 2 rings (SSSR count). The molecule has 1 N–H and O–H groups in total. The predicted octanol–water partition coefficient (Wildman–Crippen LogP) is 1.25. The summed E-state index contributed by atoms with van der Waals surface area (Å²) in [5, 5.41) is 19.8. The minimum absolute atomic E-state index is 0.0228. The molecule has 1 fully saturated rings. The Bertz CT molecular complexity index is 437. The van der Waals surface area contributed by atoms with Crippen LogP contribution in [0.3, 0.4) is 0 Å². The van der Waals surface area contributed by atoms with Crippen molar-refractivity contribution in [1.82, 2.24) is 4.90 Å². The van der Waals surface area contributed by atoms with Crippen LogP contribution in [0.2, 0.25) is 0 Å². The monoisotopic (exact) mass is 256 g/mol. The van der Waals surface area contributed by atoms with E-state index in [1.54, 1.807) is 4.90 Å². The summed E-state index contributed by atoms with van der Waals surface area (Å²) < 4.78 is 0. The maximum absolute atomic E-state index is 12.0. The summed E-state index contributed by atoms with van der Waals surface area (Å²) in [5.41, 5.74) is 0. The summed E-state index contributed by atoms with van der Waals surface area (Å²) in [6, 6.07) is 2.83. The van der Waals surface area contributed by atoms with Crippen LogP contribution in [0.1, 0.15) is 22.5 Å². The lowest BCUT2D eigenvalue weighted by Gasteiger charge is -2.29. The number of amides is 1. The van der Waals surface area contributed by atoms with Crippen LogP contribution < -0.4 is 0 Å². The fourth-order valence-electron chi connectivity index (χ4n) is 1.77. The lowest BCUT2D eigenvalue weighted by Crippen LogP contribution is -2.39. The Kier molecular flexibility index (Phi) is 3.39. The molecule has 6 nitrogen and oxygen atoms in total. The van der Waals surface area contributed by atoms with Crippen molar-refractivity contribution in [2.45, 2.75) is 18.9 Å². The van der Waals surface area contributed by atoms with Crippen molar-refractivity contribution < 1.29 is 14.8 Å². The van der Waals surface area contributed by atoms with Crippen LogP contribution in [-0.4, -0.2) is 40.0 Å². The largest absolute Gasteiger partial charge is 0.393 e. The van der Waals surface area contributed by atoms with Gasteiger partial charge in [-0.2, -0.15) is 0 Å². The number of carbonyl (C=O) groups is 1.